The Balaban J connectivity index is 1.41. The second kappa shape index (κ2) is 8.69. The average Bonchev–Trinajstić information content (AvgIpc) is 3.13. The van der Waals surface area contributed by atoms with Gasteiger partial charge in [0.1, 0.15) is 16.4 Å². The van der Waals surface area contributed by atoms with Crippen LogP contribution in [0.1, 0.15) is 0 Å². The number of fused-ring (bicyclic) bond motifs is 1. The summed E-state index contributed by atoms with van der Waals surface area (Å²) >= 11 is 0. The highest BCUT2D eigenvalue weighted by Crippen LogP contribution is 2.31. The summed E-state index contributed by atoms with van der Waals surface area (Å²) in [5, 5.41) is 4.33. The predicted molar refractivity (Wildman–Crippen MR) is 114 cm³/mol. The number of methoxy groups -OCH3 is 2. The fourth-order valence-electron chi connectivity index (χ4n) is 3.67. The highest BCUT2D eigenvalue weighted by atomic mass is 32.2. The molecule has 1 saturated heterocycles. The van der Waals surface area contributed by atoms with Gasteiger partial charge in [0.15, 0.2) is 5.65 Å². The summed E-state index contributed by atoms with van der Waals surface area (Å²) in [6.07, 6.45) is 1.69. The molecular formula is C20H25N5O5S. The molecule has 1 aliphatic rings. The van der Waals surface area contributed by atoms with Crippen molar-refractivity contribution in [3.05, 3.63) is 53.1 Å². The van der Waals surface area contributed by atoms with Crippen LogP contribution in [0.25, 0.3) is 5.65 Å². The molecule has 4 rings (SSSR count). The van der Waals surface area contributed by atoms with E-state index < -0.39 is 10.0 Å². The minimum atomic E-state index is -3.72. The summed E-state index contributed by atoms with van der Waals surface area (Å²) in [5.74, 6) is 0.741. The van der Waals surface area contributed by atoms with Gasteiger partial charge < -0.3 is 9.47 Å². The van der Waals surface area contributed by atoms with Gasteiger partial charge in [0.05, 0.1) is 20.8 Å². The van der Waals surface area contributed by atoms with Crippen LogP contribution in [0.15, 0.2) is 52.3 Å². The summed E-state index contributed by atoms with van der Waals surface area (Å²) < 4.78 is 41.2. The molecule has 2 aromatic heterocycles. The van der Waals surface area contributed by atoms with Crippen molar-refractivity contribution in [1.29, 1.82) is 0 Å². The molecule has 0 atom stereocenters. The smallest absolute Gasteiger partial charge is 0.350 e. The largest absolute Gasteiger partial charge is 0.497 e. The van der Waals surface area contributed by atoms with E-state index in [2.05, 4.69) is 10.00 Å². The summed E-state index contributed by atoms with van der Waals surface area (Å²) in [6, 6.07) is 10.1. The second-order valence-electron chi connectivity index (χ2n) is 7.20. The van der Waals surface area contributed by atoms with Crippen LogP contribution in [0.5, 0.6) is 11.5 Å². The first-order valence-corrected chi connectivity index (χ1v) is 11.4. The Hall–Kier alpha value is -2.89. The Labute approximate surface area is 180 Å². The molecule has 31 heavy (non-hydrogen) atoms. The number of nitrogens with zero attached hydrogens (tertiary/aromatic N) is 5. The lowest BCUT2D eigenvalue weighted by Gasteiger charge is -2.34. The Morgan fingerprint density at radius 3 is 2.45 bits per heavy atom. The zero-order chi connectivity index (χ0) is 22.0. The van der Waals surface area contributed by atoms with Gasteiger partial charge in [0.2, 0.25) is 10.0 Å². The first kappa shape index (κ1) is 21.3. The second-order valence-corrected chi connectivity index (χ2v) is 9.10. The molecule has 166 valence electrons. The van der Waals surface area contributed by atoms with Gasteiger partial charge in [-0.25, -0.2) is 17.9 Å². The molecule has 0 amide bonds. The molecule has 3 heterocycles. The molecule has 1 aromatic carbocycles. The van der Waals surface area contributed by atoms with Crippen LogP contribution in [0.4, 0.5) is 0 Å². The summed E-state index contributed by atoms with van der Waals surface area (Å²) in [7, 11) is -0.785. The van der Waals surface area contributed by atoms with Crippen molar-refractivity contribution in [3.63, 3.8) is 0 Å². The molecule has 11 heteroatoms. The molecule has 0 bridgehead atoms. The van der Waals surface area contributed by atoms with Crippen molar-refractivity contribution in [2.45, 2.75) is 11.4 Å². The SMILES string of the molecule is COc1ccc(OC)c(S(=O)(=O)N2CCN(CCn3nc4ccccn4c3=O)CC2)c1. The highest BCUT2D eigenvalue weighted by molar-refractivity contribution is 7.89. The fraction of sp³-hybridized carbons (Fsp3) is 0.400. The number of pyridine rings is 1. The third-order valence-electron chi connectivity index (χ3n) is 5.44. The lowest BCUT2D eigenvalue weighted by atomic mass is 10.3. The zero-order valence-electron chi connectivity index (χ0n) is 17.5. The number of sulfonamides is 1. The van der Waals surface area contributed by atoms with E-state index in [1.54, 1.807) is 30.5 Å². The van der Waals surface area contributed by atoms with Crippen molar-refractivity contribution < 1.29 is 17.9 Å². The lowest BCUT2D eigenvalue weighted by Crippen LogP contribution is -2.49. The van der Waals surface area contributed by atoms with E-state index in [9.17, 15) is 13.2 Å². The third kappa shape index (κ3) is 4.16. The normalized spacial score (nSPS) is 15.9. The van der Waals surface area contributed by atoms with Crippen LogP contribution >= 0.6 is 0 Å². The standard InChI is InChI=1S/C20H25N5O5S/c1-29-16-6-7-17(30-2)18(15-16)31(27,28)23-12-9-22(10-13-23)11-14-25-20(26)24-8-4-3-5-19(24)21-25/h3-8,15H,9-14H2,1-2H3. The molecule has 1 fully saturated rings. The topological polar surface area (TPSA) is 98.4 Å². The van der Waals surface area contributed by atoms with Gasteiger partial charge in [-0.2, -0.15) is 4.31 Å². The first-order chi connectivity index (χ1) is 14.9. The molecule has 0 unspecified atom stereocenters. The van der Waals surface area contributed by atoms with Gasteiger partial charge in [-0.15, -0.1) is 5.10 Å². The van der Waals surface area contributed by atoms with E-state index in [4.69, 9.17) is 9.47 Å². The number of hydrogen-bond donors (Lipinski definition) is 0. The van der Waals surface area contributed by atoms with Crippen molar-refractivity contribution in [3.8, 4) is 11.5 Å². The summed E-state index contributed by atoms with van der Waals surface area (Å²) in [4.78, 5) is 14.6. The lowest BCUT2D eigenvalue weighted by molar-refractivity contribution is 0.180. The van der Waals surface area contributed by atoms with Crippen molar-refractivity contribution >= 4 is 15.7 Å². The number of hydrogen-bond acceptors (Lipinski definition) is 7. The van der Waals surface area contributed by atoms with Crippen LogP contribution in [0, 0.1) is 0 Å². The van der Waals surface area contributed by atoms with Crippen molar-refractivity contribution in [2.24, 2.45) is 0 Å². The van der Waals surface area contributed by atoms with E-state index >= 15 is 0 Å². The van der Waals surface area contributed by atoms with Crippen molar-refractivity contribution in [2.75, 3.05) is 46.9 Å². The zero-order valence-corrected chi connectivity index (χ0v) is 18.3. The predicted octanol–water partition coefficient (Wildman–Crippen LogP) is 0.520. The Bertz CT molecular complexity index is 1230. The number of rotatable bonds is 7. The van der Waals surface area contributed by atoms with Crippen LogP contribution in [-0.4, -0.2) is 78.7 Å². The Kier molecular flexibility index (Phi) is 5.99. The van der Waals surface area contributed by atoms with E-state index in [1.165, 1.54) is 33.7 Å². The average molecular weight is 448 g/mol. The Morgan fingerprint density at radius 1 is 1.00 bits per heavy atom. The number of benzene rings is 1. The molecule has 0 saturated carbocycles. The maximum atomic E-state index is 13.2. The number of ether oxygens (including phenoxy) is 2. The van der Waals surface area contributed by atoms with Gasteiger partial charge >= 0.3 is 5.69 Å². The molecule has 1 aliphatic heterocycles. The maximum absolute atomic E-state index is 13.2. The van der Waals surface area contributed by atoms with E-state index in [0.717, 1.165) is 0 Å². The number of piperazine rings is 1. The van der Waals surface area contributed by atoms with Gasteiger partial charge in [0, 0.05) is 45.0 Å². The molecule has 3 aromatic rings. The van der Waals surface area contributed by atoms with Gasteiger partial charge in [0.25, 0.3) is 0 Å². The van der Waals surface area contributed by atoms with Crippen LogP contribution in [0.3, 0.4) is 0 Å². The maximum Gasteiger partial charge on any atom is 0.350 e. The molecule has 10 nitrogen and oxygen atoms in total. The minimum absolute atomic E-state index is 0.0963. The molecule has 0 N–H and O–H groups in total. The molecule has 0 radical (unpaired) electrons. The van der Waals surface area contributed by atoms with E-state index in [1.807, 2.05) is 6.07 Å². The van der Waals surface area contributed by atoms with Gasteiger partial charge in [-0.05, 0) is 24.3 Å². The minimum Gasteiger partial charge on any atom is -0.497 e. The Morgan fingerprint density at radius 2 is 1.77 bits per heavy atom. The molecule has 0 aliphatic carbocycles. The highest BCUT2D eigenvalue weighted by Gasteiger charge is 2.31. The summed E-state index contributed by atoms with van der Waals surface area (Å²) in [5.41, 5.74) is 0.428. The van der Waals surface area contributed by atoms with E-state index in [-0.39, 0.29) is 16.3 Å². The van der Waals surface area contributed by atoms with Crippen LogP contribution < -0.4 is 15.2 Å². The summed E-state index contributed by atoms with van der Waals surface area (Å²) in [6.45, 7) is 2.88. The monoisotopic (exact) mass is 447 g/mol. The van der Waals surface area contributed by atoms with Gasteiger partial charge in [-0.1, -0.05) is 6.07 Å². The van der Waals surface area contributed by atoms with Crippen LogP contribution in [-0.2, 0) is 16.6 Å². The quantitative estimate of drug-likeness (QED) is 0.521. The first-order valence-electron chi connectivity index (χ1n) is 9.93. The van der Waals surface area contributed by atoms with E-state index in [0.29, 0.717) is 50.7 Å². The fourth-order valence-corrected chi connectivity index (χ4v) is 5.26. The molecule has 0 spiro atoms. The third-order valence-corrected chi connectivity index (χ3v) is 7.36. The van der Waals surface area contributed by atoms with Crippen molar-refractivity contribution in [1.82, 2.24) is 23.4 Å². The molecular weight excluding hydrogens is 422 g/mol. The van der Waals surface area contributed by atoms with Gasteiger partial charge in [-0.3, -0.25) is 9.30 Å². The van der Waals surface area contributed by atoms with Crippen LogP contribution in [0.2, 0.25) is 0 Å². The number of aromatic nitrogens is 3.